The Kier molecular flexibility index (Phi) is 4.41. The van der Waals surface area contributed by atoms with Crippen LogP contribution in [0.4, 0.5) is 0 Å². The lowest BCUT2D eigenvalue weighted by Gasteiger charge is -2.22. The molecule has 0 atom stereocenters. The van der Waals surface area contributed by atoms with E-state index in [4.69, 9.17) is 4.42 Å². The van der Waals surface area contributed by atoms with Gasteiger partial charge in [-0.1, -0.05) is 13.8 Å². The Bertz CT molecular complexity index is 474. The minimum atomic E-state index is 0.507. The number of hydrogen-bond donors (Lipinski definition) is 1. The summed E-state index contributed by atoms with van der Waals surface area (Å²) in [6.45, 7) is 11.2. The minimum absolute atomic E-state index is 0.507. The molecule has 1 aliphatic heterocycles. The van der Waals surface area contributed by atoms with Gasteiger partial charge in [-0.05, 0) is 69.2 Å². The third-order valence-electron chi connectivity index (χ3n) is 5.01. The highest BCUT2D eigenvalue weighted by molar-refractivity contribution is 5.20. The molecule has 2 fully saturated rings. The van der Waals surface area contributed by atoms with E-state index in [-0.39, 0.29) is 0 Å². The number of nitrogens with one attached hydrogen (secondary N) is 1. The molecule has 3 nitrogen and oxygen atoms in total. The molecule has 1 aromatic rings. The smallest absolute Gasteiger partial charge is 0.120 e. The van der Waals surface area contributed by atoms with Crippen LogP contribution in [0.25, 0.3) is 0 Å². The molecule has 0 amide bonds. The molecule has 2 heterocycles. The topological polar surface area (TPSA) is 28.4 Å². The van der Waals surface area contributed by atoms with Crippen molar-refractivity contribution in [2.24, 2.45) is 5.41 Å². The standard InChI is InChI=1S/C18H30N2O/c1-14-11-16(21-17(14)12-19-15-5-6-15)13-20-9-4-7-18(2,3)8-10-20/h11,15,19H,4-10,12-13H2,1-3H3. The summed E-state index contributed by atoms with van der Waals surface area (Å²) in [5.74, 6) is 2.27. The van der Waals surface area contributed by atoms with E-state index in [0.717, 1.165) is 30.7 Å². The zero-order valence-electron chi connectivity index (χ0n) is 13.9. The second-order valence-corrected chi connectivity index (χ2v) is 7.77. The van der Waals surface area contributed by atoms with Gasteiger partial charge in [-0.2, -0.15) is 0 Å². The van der Waals surface area contributed by atoms with E-state index in [1.54, 1.807) is 0 Å². The van der Waals surface area contributed by atoms with Crippen LogP contribution >= 0.6 is 0 Å². The molecule has 1 saturated carbocycles. The number of likely N-dealkylation sites (tertiary alicyclic amines) is 1. The van der Waals surface area contributed by atoms with Crippen molar-refractivity contribution in [1.29, 1.82) is 0 Å². The van der Waals surface area contributed by atoms with Gasteiger partial charge >= 0.3 is 0 Å². The number of hydrogen-bond acceptors (Lipinski definition) is 3. The van der Waals surface area contributed by atoms with Crippen molar-refractivity contribution in [2.45, 2.75) is 72.0 Å². The molecule has 3 heteroatoms. The monoisotopic (exact) mass is 290 g/mol. The SMILES string of the molecule is Cc1cc(CN2CCCC(C)(C)CC2)oc1CNC1CC1. The van der Waals surface area contributed by atoms with Gasteiger partial charge in [0.1, 0.15) is 11.5 Å². The van der Waals surface area contributed by atoms with E-state index >= 15 is 0 Å². The summed E-state index contributed by atoms with van der Waals surface area (Å²) in [6.07, 6.45) is 6.61. The summed E-state index contributed by atoms with van der Waals surface area (Å²) in [5, 5.41) is 3.54. The van der Waals surface area contributed by atoms with Gasteiger partial charge in [0.15, 0.2) is 0 Å². The normalized spacial score (nSPS) is 23.2. The fraction of sp³-hybridized carbons (Fsp3) is 0.778. The average Bonchev–Trinajstić information content (AvgIpc) is 3.19. The molecule has 118 valence electrons. The van der Waals surface area contributed by atoms with Gasteiger partial charge in [-0.3, -0.25) is 4.90 Å². The van der Waals surface area contributed by atoms with E-state index in [9.17, 15) is 0 Å². The lowest BCUT2D eigenvalue weighted by Crippen LogP contribution is -2.24. The van der Waals surface area contributed by atoms with Gasteiger partial charge < -0.3 is 9.73 Å². The minimum Gasteiger partial charge on any atom is -0.463 e. The molecule has 1 aromatic heterocycles. The molecule has 3 rings (SSSR count). The largest absolute Gasteiger partial charge is 0.463 e. The first-order chi connectivity index (χ1) is 10.0. The van der Waals surface area contributed by atoms with Crippen LogP contribution in [0.3, 0.4) is 0 Å². The first-order valence-electron chi connectivity index (χ1n) is 8.56. The summed E-state index contributed by atoms with van der Waals surface area (Å²) in [5.41, 5.74) is 1.81. The Morgan fingerprint density at radius 3 is 2.86 bits per heavy atom. The first-order valence-corrected chi connectivity index (χ1v) is 8.56. The molecule has 0 spiro atoms. The third-order valence-corrected chi connectivity index (χ3v) is 5.01. The molecule has 0 unspecified atom stereocenters. The van der Waals surface area contributed by atoms with Crippen LogP contribution in [0.2, 0.25) is 0 Å². The number of furan rings is 1. The Hall–Kier alpha value is -0.800. The predicted molar refractivity (Wildman–Crippen MR) is 86.2 cm³/mol. The maximum atomic E-state index is 6.08. The average molecular weight is 290 g/mol. The van der Waals surface area contributed by atoms with Crippen LogP contribution in [0.15, 0.2) is 10.5 Å². The fourth-order valence-corrected chi connectivity index (χ4v) is 3.23. The van der Waals surface area contributed by atoms with E-state index in [2.05, 4.69) is 37.1 Å². The molecular formula is C18H30N2O. The van der Waals surface area contributed by atoms with Gasteiger partial charge in [-0.25, -0.2) is 0 Å². The van der Waals surface area contributed by atoms with Gasteiger partial charge in [0.2, 0.25) is 0 Å². The van der Waals surface area contributed by atoms with E-state index in [0.29, 0.717) is 5.41 Å². The Labute approximate surface area is 129 Å². The van der Waals surface area contributed by atoms with Crippen molar-refractivity contribution in [3.63, 3.8) is 0 Å². The summed E-state index contributed by atoms with van der Waals surface area (Å²) in [7, 11) is 0. The summed E-state index contributed by atoms with van der Waals surface area (Å²) in [6, 6.07) is 2.98. The first kappa shape index (κ1) is 15.1. The number of aryl methyl sites for hydroxylation is 1. The van der Waals surface area contributed by atoms with Gasteiger partial charge in [0, 0.05) is 6.04 Å². The highest BCUT2D eigenvalue weighted by Crippen LogP contribution is 2.30. The van der Waals surface area contributed by atoms with Crippen LogP contribution in [0, 0.1) is 12.3 Å². The van der Waals surface area contributed by atoms with Crippen molar-refractivity contribution in [3.05, 3.63) is 23.2 Å². The predicted octanol–water partition coefficient (Wildman–Crippen LogP) is 3.85. The molecule has 0 radical (unpaired) electrons. The van der Waals surface area contributed by atoms with Crippen molar-refractivity contribution in [1.82, 2.24) is 10.2 Å². The molecule has 1 aliphatic carbocycles. The Balaban J connectivity index is 1.55. The van der Waals surface area contributed by atoms with Gasteiger partial charge in [0.05, 0.1) is 13.1 Å². The fourth-order valence-electron chi connectivity index (χ4n) is 3.23. The van der Waals surface area contributed by atoms with Crippen molar-refractivity contribution in [2.75, 3.05) is 13.1 Å². The van der Waals surface area contributed by atoms with Crippen molar-refractivity contribution in [3.8, 4) is 0 Å². The van der Waals surface area contributed by atoms with Crippen molar-refractivity contribution >= 4 is 0 Å². The molecular weight excluding hydrogens is 260 g/mol. The van der Waals surface area contributed by atoms with Crippen molar-refractivity contribution < 1.29 is 4.42 Å². The Morgan fingerprint density at radius 2 is 2.10 bits per heavy atom. The van der Waals surface area contributed by atoms with Gasteiger partial charge in [-0.15, -0.1) is 0 Å². The van der Waals surface area contributed by atoms with Crippen LogP contribution in [-0.4, -0.2) is 24.0 Å². The quantitative estimate of drug-likeness (QED) is 0.893. The number of nitrogens with zero attached hydrogens (tertiary/aromatic N) is 1. The molecule has 0 bridgehead atoms. The third kappa shape index (κ3) is 4.33. The molecule has 1 saturated heterocycles. The van der Waals surface area contributed by atoms with Crippen LogP contribution < -0.4 is 5.32 Å². The van der Waals surface area contributed by atoms with Crippen LogP contribution in [0.1, 0.15) is 63.0 Å². The molecule has 0 aromatic carbocycles. The lowest BCUT2D eigenvalue weighted by molar-refractivity contribution is 0.236. The highest BCUT2D eigenvalue weighted by Gasteiger charge is 2.24. The molecule has 1 N–H and O–H groups in total. The second kappa shape index (κ2) is 6.13. The summed E-state index contributed by atoms with van der Waals surface area (Å²) >= 11 is 0. The summed E-state index contributed by atoms with van der Waals surface area (Å²) < 4.78 is 6.08. The maximum absolute atomic E-state index is 6.08. The second-order valence-electron chi connectivity index (χ2n) is 7.77. The van der Waals surface area contributed by atoms with Crippen LogP contribution in [-0.2, 0) is 13.1 Å². The zero-order valence-corrected chi connectivity index (χ0v) is 13.9. The summed E-state index contributed by atoms with van der Waals surface area (Å²) in [4.78, 5) is 2.56. The Morgan fingerprint density at radius 1 is 1.29 bits per heavy atom. The molecule has 21 heavy (non-hydrogen) atoms. The molecule has 2 aliphatic rings. The maximum Gasteiger partial charge on any atom is 0.120 e. The van der Waals surface area contributed by atoms with E-state index in [1.165, 1.54) is 50.8 Å². The highest BCUT2D eigenvalue weighted by atomic mass is 16.3. The van der Waals surface area contributed by atoms with E-state index in [1.807, 2.05) is 0 Å². The van der Waals surface area contributed by atoms with E-state index < -0.39 is 0 Å². The van der Waals surface area contributed by atoms with Gasteiger partial charge in [0.25, 0.3) is 0 Å². The zero-order chi connectivity index (χ0) is 14.9. The van der Waals surface area contributed by atoms with Crippen LogP contribution in [0.5, 0.6) is 0 Å². The lowest BCUT2D eigenvalue weighted by atomic mass is 9.85. The number of rotatable bonds is 5.